The highest BCUT2D eigenvalue weighted by Gasteiger charge is 2.53. The Balaban J connectivity index is 1.54. The summed E-state index contributed by atoms with van der Waals surface area (Å²) in [4.78, 5) is 44.9. The minimum Gasteiger partial charge on any atom is -0.499 e. The molecule has 212 valence electrons. The summed E-state index contributed by atoms with van der Waals surface area (Å²) in [7, 11) is 3.90. The highest BCUT2D eigenvalue weighted by Crippen LogP contribution is 2.46. The molecule has 1 N–H and O–H groups in total. The van der Waals surface area contributed by atoms with Crippen LogP contribution in [0.4, 0.5) is 0 Å². The van der Waals surface area contributed by atoms with Crippen molar-refractivity contribution in [1.29, 1.82) is 0 Å². The average Bonchev–Trinajstić information content (AvgIpc) is 3.36. The smallest absolute Gasteiger partial charge is 0.358 e. The second-order valence-corrected chi connectivity index (χ2v) is 14.3. The summed E-state index contributed by atoms with van der Waals surface area (Å²) in [5.74, 6) is -1.37. The number of benzene rings is 2. The number of nitrogens with one attached hydrogen (secondary N) is 1. The zero-order chi connectivity index (χ0) is 28.9. The fraction of sp³-hybridized carbons (Fsp3) is 0.280. The number of carbonyl (C=O) groups excluding carboxylic acids is 3. The second kappa shape index (κ2) is 13.5. The van der Waals surface area contributed by atoms with E-state index in [0.717, 1.165) is 14.6 Å². The number of hydrogen-bond donors (Lipinski definition) is 1. The lowest BCUT2D eigenvalue weighted by atomic mass is 10.1. The minimum atomic E-state index is -1.85. The first-order valence-corrected chi connectivity index (χ1v) is 15.7. The molecule has 0 bridgehead atoms. The minimum absolute atomic E-state index is 0.107. The molecule has 2 aromatic carbocycles. The van der Waals surface area contributed by atoms with E-state index in [0.29, 0.717) is 5.75 Å². The fourth-order valence-electron chi connectivity index (χ4n) is 3.52. The number of amides is 2. The number of thiazole rings is 1. The second-order valence-electron chi connectivity index (χ2n) is 8.17. The molecule has 2 atom stereocenters. The Bertz CT molecular complexity index is 1380. The summed E-state index contributed by atoms with van der Waals surface area (Å²) < 4.78 is 15.8. The predicted octanol–water partition coefficient (Wildman–Crippen LogP) is 5.56. The van der Waals surface area contributed by atoms with Gasteiger partial charge >= 0.3 is 5.97 Å². The Labute approximate surface area is 256 Å². The van der Waals surface area contributed by atoms with E-state index in [4.69, 9.17) is 49.0 Å². The maximum Gasteiger partial charge on any atom is 0.358 e. The van der Waals surface area contributed by atoms with E-state index in [2.05, 4.69) is 10.3 Å². The molecule has 1 aliphatic heterocycles. The van der Waals surface area contributed by atoms with Gasteiger partial charge < -0.3 is 19.5 Å². The molecule has 2 heterocycles. The Morgan fingerprint density at radius 1 is 1.12 bits per heavy atom. The largest absolute Gasteiger partial charge is 0.499 e. The number of para-hydroxylation sites is 2. The number of hydrogen-bond acceptors (Lipinski definition) is 10. The summed E-state index contributed by atoms with van der Waals surface area (Å²) in [6.45, 7) is 0.650. The molecule has 3 aromatic rings. The molecule has 0 radical (unpaired) electrons. The normalized spacial score (nSPS) is 17.6. The number of fused-ring (bicyclic) bond motifs is 1. The average molecular weight is 663 g/mol. The van der Waals surface area contributed by atoms with Crippen LogP contribution in [-0.2, 0) is 23.9 Å². The number of aromatic nitrogens is 1. The zero-order valence-corrected chi connectivity index (χ0v) is 25.7. The summed E-state index contributed by atoms with van der Waals surface area (Å²) in [6, 6.07) is 15.5. The van der Waals surface area contributed by atoms with E-state index < -0.39 is 39.6 Å². The fourth-order valence-corrected chi connectivity index (χ4v) is 7.59. The highest BCUT2D eigenvalue weighted by atomic mass is 35.6. The molecule has 1 aliphatic rings. The highest BCUT2D eigenvalue weighted by molar-refractivity contribution is 8.77. The number of halogens is 3. The number of β-lactam (4-membered cyclic amide) rings is 1. The van der Waals surface area contributed by atoms with Crippen molar-refractivity contribution >= 4 is 95.7 Å². The standard InChI is InChI=1S/C25H22Cl3N3O6S3/c1-14(35-2)20(23(34)37-13-25(26,27)28)31-21(33)19(30-18(32)12-36-15-8-4-3-5-9-15)22(31)39-40-24-29-16-10-6-7-11-17(16)38-24/h3-11,19,22H,12-13H2,1-2H3,(H,30,32). The molecule has 1 fully saturated rings. The van der Waals surface area contributed by atoms with Crippen molar-refractivity contribution in [1.82, 2.24) is 15.2 Å². The van der Waals surface area contributed by atoms with Gasteiger partial charge in [0.2, 0.25) is 3.79 Å². The van der Waals surface area contributed by atoms with E-state index >= 15 is 0 Å². The SMILES string of the molecule is COC(C)=C(C(=O)OCC(Cl)(Cl)Cl)N1C(=O)C(NC(=O)COc2ccccc2)C1SSc1nc2ccccc2s1. The molecular formula is C25H22Cl3N3O6S3. The summed E-state index contributed by atoms with van der Waals surface area (Å²) >= 11 is 18.7. The van der Waals surface area contributed by atoms with Gasteiger partial charge in [0.05, 0.1) is 17.3 Å². The number of esters is 1. The zero-order valence-electron chi connectivity index (χ0n) is 21.0. The van der Waals surface area contributed by atoms with Gasteiger partial charge in [-0.05, 0) is 42.0 Å². The number of likely N-dealkylation sites (tertiary alicyclic amines) is 1. The first kappa shape index (κ1) is 30.6. The number of nitrogens with zero attached hydrogens (tertiary/aromatic N) is 2. The third-order valence-corrected chi connectivity index (χ3v) is 9.74. The summed E-state index contributed by atoms with van der Waals surface area (Å²) in [5.41, 5.74) is 0.668. The van der Waals surface area contributed by atoms with Crippen molar-refractivity contribution in [2.45, 2.75) is 26.5 Å². The quantitative estimate of drug-likeness (QED) is 0.0705. The van der Waals surface area contributed by atoms with Gasteiger partial charge in [0.25, 0.3) is 11.8 Å². The van der Waals surface area contributed by atoms with Gasteiger partial charge in [0.15, 0.2) is 16.6 Å². The molecule has 2 unspecified atom stereocenters. The van der Waals surface area contributed by atoms with Crippen LogP contribution in [0.15, 0.2) is 70.4 Å². The topological polar surface area (TPSA) is 107 Å². The van der Waals surface area contributed by atoms with Crippen molar-refractivity contribution in [2.24, 2.45) is 0 Å². The summed E-state index contributed by atoms with van der Waals surface area (Å²) in [5, 5.41) is 1.97. The number of rotatable bonds is 11. The molecule has 2 amide bonds. The third-order valence-electron chi connectivity index (χ3n) is 5.41. The van der Waals surface area contributed by atoms with E-state index in [-0.39, 0.29) is 18.1 Å². The molecule has 0 spiro atoms. The Morgan fingerprint density at radius 2 is 1.82 bits per heavy atom. The van der Waals surface area contributed by atoms with Crippen molar-refractivity contribution in [3.8, 4) is 5.75 Å². The van der Waals surface area contributed by atoms with Crippen LogP contribution in [0.5, 0.6) is 5.75 Å². The van der Waals surface area contributed by atoms with E-state index in [1.807, 2.05) is 30.3 Å². The molecule has 9 nitrogen and oxygen atoms in total. The Hall–Kier alpha value is -2.35. The Morgan fingerprint density at radius 3 is 2.50 bits per heavy atom. The van der Waals surface area contributed by atoms with Crippen molar-refractivity contribution in [2.75, 3.05) is 20.3 Å². The number of allylic oxidation sites excluding steroid dienone is 1. The molecule has 0 aliphatic carbocycles. The van der Waals surface area contributed by atoms with Gasteiger partial charge in [0, 0.05) is 0 Å². The van der Waals surface area contributed by atoms with Crippen LogP contribution in [0.1, 0.15) is 6.92 Å². The Kier molecular flexibility index (Phi) is 10.4. The third kappa shape index (κ3) is 7.68. The van der Waals surface area contributed by atoms with Gasteiger partial charge in [-0.3, -0.25) is 14.5 Å². The number of ether oxygens (including phenoxy) is 3. The maximum absolute atomic E-state index is 13.4. The number of methoxy groups -OCH3 is 1. The molecule has 1 aromatic heterocycles. The predicted molar refractivity (Wildman–Crippen MR) is 159 cm³/mol. The van der Waals surface area contributed by atoms with Crippen molar-refractivity contribution < 1.29 is 28.6 Å². The lowest BCUT2D eigenvalue weighted by Crippen LogP contribution is -2.69. The van der Waals surface area contributed by atoms with Crippen LogP contribution in [0.25, 0.3) is 10.2 Å². The van der Waals surface area contributed by atoms with Crippen LogP contribution in [0.2, 0.25) is 0 Å². The van der Waals surface area contributed by atoms with Gasteiger partial charge in [-0.15, -0.1) is 11.3 Å². The van der Waals surface area contributed by atoms with Gasteiger partial charge in [-0.2, -0.15) is 0 Å². The van der Waals surface area contributed by atoms with Crippen molar-refractivity contribution in [3.05, 3.63) is 66.1 Å². The van der Waals surface area contributed by atoms with Crippen LogP contribution < -0.4 is 10.1 Å². The van der Waals surface area contributed by atoms with Gasteiger partial charge in [-0.25, -0.2) is 9.78 Å². The van der Waals surface area contributed by atoms with Crippen LogP contribution >= 0.6 is 67.7 Å². The van der Waals surface area contributed by atoms with E-state index in [9.17, 15) is 14.4 Å². The number of alkyl halides is 3. The number of carbonyl (C=O) groups is 3. The summed E-state index contributed by atoms with van der Waals surface area (Å²) in [6.07, 6.45) is 0. The van der Waals surface area contributed by atoms with Gasteiger partial charge in [-0.1, -0.05) is 75.9 Å². The van der Waals surface area contributed by atoms with E-state index in [1.54, 1.807) is 24.3 Å². The molecule has 4 rings (SSSR count). The van der Waals surface area contributed by atoms with Crippen LogP contribution in [-0.4, -0.2) is 63.2 Å². The van der Waals surface area contributed by atoms with Gasteiger partial charge in [0.1, 0.15) is 29.5 Å². The molecule has 0 saturated carbocycles. The van der Waals surface area contributed by atoms with E-state index in [1.165, 1.54) is 51.9 Å². The maximum atomic E-state index is 13.4. The lowest BCUT2D eigenvalue weighted by molar-refractivity contribution is -0.153. The molecule has 15 heteroatoms. The monoisotopic (exact) mass is 661 g/mol. The van der Waals surface area contributed by atoms with Crippen molar-refractivity contribution in [3.63, 3.8) is 0 Å². The molecular weight excluding hydrogens is 641 g/mol. The first-order chi connectivity index (χ1) is 19.1. The van der Waals surface area contributed by atoms with Crippen LogP contribution in [0, 0.1) is 0 Å². The molecule has 40 heavy (non-hydrogen) atoms. The lowest BCUT2D eigenvalue weighted by Gasteiger charge is -2.46. The first-order valence-electron chi connectivity index (χ1n) is 11.6. The molecule has 1 saturated heterocycles. The van der Waals surface area contributed by atoms with Crippen LogP contribution in [0.3, 0.4) is 0 Å².